The average molecular weight is 263 g/mol. The molecule has 0 aliphatic carbocycles. The predicted octanol–water partition coefficient (Wildman–Crippen LogP) is 1.21. The van der Waals surface area contributed by atoms with Gasteiger partial charge in [0.25, 0.3) is 0 Å². The normalized spacial score (nSPS) is 23.2. The standard InChI is InChI=1S/C12H25NO3S/c1-10(2)11(3)13-6-8-17(14,15)9-12-5-4-7-16-12/h10-13H,4-9H2,1-3H3. The molecule has 0 amide bonds. The maximum Gasteiger partial charge on any atom is 0.154 e. The van der Waals surface area contributed by atoms with E-state index in [0.29, 0.717) is 25.1 Å². The lowest BCUT2D eigenvalue weighted by molar-refractivity contribution is 0.127. The molecule has 0 aromatic rings. The Morgan fingerprint density at radius 3 is 2.59 bits per heavy atom. The van der Waals surface area contributed by atoms with Crippen molar-refractivity contribution in [1.82, 2.24) is 5.32 Å². The number of hydrogen-bond acceptors (Lipinski definition) is 4. The molecule has 102 valence electrons. The van der Waals surface area contributed by atoms with E-state index in [1.807, 2.05) is 0 Å². The molecule has 0 aromatic carbocycles. The molecule has 5 heteroatoms. The van der Waals surface area contributed by atoms with Crippen molar-refractivity contribution in [3.63, 3.8) is 0 Å². The van der Waals surface area contributed by atoms with Crippen LogP contribution in [-0.4, -0.2) is 45.2 Å². The molecule has 4 nitrogen and oxygen atoms in total. The highest BCUT2D eigenvalue weighted by Gasteiger charge is 2.23. The molecule has 1 saturated heterocycles. The Kier molecular flexibility index (Phi) is 5.89. The molecule has 0 saturated carbocycles. The van der Waals surface area contributed by atoms with Gasteiger partial charge in [0, 0.05) is 19.2 Å². The van der Waals surface area contributed by atoms with E-state index < -0.39 is 9.84 Å². The van der Waals surface area contributed by atoms with E-state index in [4.69, 9.17) is 4.74 Å². The van der Waals surface area contributed by atoms with Crippen molar-refractivity contribution < 1.29 is 13.2 Å². The van der Waals surface area contributed by atoms with E-state index in [-0.39, 0.29) is 17.6 Å². The molecule has 0 radical (unpaired) electrons. The SMILES string of the molecule is CC(C)C(C)NCCS(=O)(=O)CC1CCCO1. The van der Waals surface area contributed by atoms with Gasteiger partial charge in [0.2, 0.25) is 0 Å². The first-order valence-electron chi connectivity index (χ1n) is 6.46. The van der Waals surface area contributed by atoms with Crippen LogP contribution in [0.15, 0.2) is 0 Å². The Labute approximate surface area is 105 Å². The summed E-state index contributed by atoms with van der Waals surface area (Å²) >= 11 is 0. The first-order valence-corrected chi connectivity index (χ1v) is 8.28. The van der Waals surface area contributed by atoms with Crippen LogP contribution in [-0.2, 0) is 14.6 Å². The topological polar surface area (TPSA) is 55.4 Å². The van der Waals surface area contributed by atoms with E-state index in [0.717, 1.165) is 12.8 Å². The first-order chi connectivity index (χ1) is 7.91. The Morgan fingerprint density at radius 2 is 2.06 bits per heavy atom. The quantitative estimate of drug-likeness (QED) is 0.750. The van der Waals surface area contributed by atoms with Crippen molar-refractivity contribution in [2.45, 2.75) is 45.8 Å². The molecular weight excluding hydrogens is 238 g/mol. The van der Waals surface area contributed by atoms with Gasteiger partial charge in [0.15, 0.2) is 9.84 Å². The van der Waals surface area contributed by atoms with Crippen LogP contribution >= 0.6 is 0 Å². The van der Waals surface area contributed by atoms with Crippen LogP contribution in [0.3, 0.4) is 0 Å². The predicted molar refractivity (Wildman–Crippen MR) is 69.9 cm³/mol. The largest absolute Gasteiger partial charge is 0.377 e. The summed E-state index contributed by atoms with van der Waals surface area (Å²) in [5.41, 5.74) is 0. The molecule has 1 N–H and O–H groups in total. The zero-order valence-electron chi connectivity index (χ0n) is 11.1. The lowest BCUT2D eigenvalue weighted by Gasteiger charge is -2.17. The van der Waals surface area contributed by atoms with Crippen molar-refractivity contribution in [2.75, 3.05) is 24.7 Å². The van der Waals surface area contributed by atoms with Crippen LogP contribution in [0.1, 0.15) is 33.6 Å². The van der Waals surface area contributed by atoms with Crippen LogP contribution in [0, 0.1) is 5.92 Å². The molecule has 2 unspecified atom stereocenters. The maximum atomic E-state index is 11.8. The summed E-state index contributed by atoms with van der Waals surface area (Å²) in [6.45, 7) is 7.58. The van der Waals surface area contributed by atoms with Crippen LogP contribution < -0.4 is 5.32 Å². The summed E-state index contributed by atoms with van der Waals surface area (Å²) in [4.78, 5) is 0. The second-order valence-electron chi connectivity index (χ2n) is 5.24. The number of nitrogens with one attached hydrogen (secondary N) is 1. The van der Waals surface area contributed by atoms with Gasteiger partial charge in [-0.25, -0.2) is 8.42 Å². The van der Waals surface area contributed by atoms with Gasteiger partial charge < -0.3 is 10.1 Å². The third kappa shape index (κ3) is 5.84. The lowest BCUT2D eigenvalue weighted by atomic mass is 10.1. The third-order valence-electron chi connectivity index (χ3n) is 3.34. The Hall–Kier alpha value is -0.130. The molecule has 0 bridgehead atoms. The fourth-order valence-electron chi connectivity index (χ4n) is 1.82. The number of rotatable bonds is 7. The van der Waals surface area contributed by atoms with E-state index in [1.165, 1.54) is 0 Å². The summed E-state index contributed by atoms with van der Waals surface area (Å²) in [5.74, 6) is 0.921. The van der Waals surface area contributed by atoms with Crippen molar-refractivity contribution in [1.29, 1.82) is 0 Å². The third-order valence-corrected chi connectivity index (χ3v) is 5.05. The van der Waals surface area contributed by atoms with Gasteiger partial charge in [-0.2, -0.15) is 0 Å². The molecule has 1 aliphatic rings. The van der Waals surface area contributed by atoms with Gasteiger partial charge in [-0.3, -0.25) is 0 Å². The van der Waals surface area contributed by atoms with Crippen molar-refractivity contribution >= 4 is 9.84 Å². The molecule has 0 aromatic heterocycles. The van der Waals surface area contributed by atoms with E-state index in [1.54, 1.807) is 0 Å². The minimum absolute atomic E-state index is 0.0671. The fraction of sp³-hybridized carbons (Fsp3) is 1.00. The Balaban J connectivity index is 2.24. The molecule has 1 rings (SSSR count). The van der Waals surface area contributed by atoms with Crippen molar-refractivity contribution in [3.05, 3.63) is 0 Å². The molecule has 0 spiro atoms. The molecule has 1 fully saturated rings. The van der Waals surface area contributed by atoms with Gasteiger partial charge in [-0.1, -0.05) is 13.8 Å². The minimum atomic E-state index is -2.97. The molecule has 17 heavy (non-hydrogen) atoms. The van der Waals surface area contributed by atoms with Crippen molar-refractivity contribution in [3.8, 4) is 0 Å². The minimum Gasteiger partial charge on any atom is -0.377 e. The summed E-state index contributed by atoms with van der Waals surface area (Å²) in [5, 5.41) is 3.24. The molecule has 2 atom stereocenters. The van der Waals surface area contributed by atoms with E-state index >= 15 is 0 Å². The van der Waals surface area contributed by atoms with Gasteiger partial charge in [-0.15, -0.1) is 0 Å². The summed E-state index contributed by atoms with van der Waals surface area (Å²) < 4.78 is 29.0. The lowest BCUT2D eigenvalue weighted by Crippen LogP contribution is -2.35. The molecular formula is C12H25NO3S. The number of sulfone groups is 1. The maximum absolute atomic E-state index is 11.8. The van der Waals surface area contributed by atoms with E-state index in [2.05, 4.69) is 26.1 Å². The molecule has 1 heterocycles. The van der Waals surface area contributed by atoms with E-state index in [9.17, 15) is 8.42 Å². The van der Waals surface area contributed by atoms with Crippen LogP contribution in [0.5, 0.6) is 0 Å². The van der Waals surface area contributed by atoms with Crippen LogP contribution in [0.2, 0.25) is 0 Å². The summed E-state index contributed by atoms with van der Waals surface area (Å²) in [7, 11) is -2.97. The summed E-state index contributed by atoms with van der Waals surface area (Å²) in [6, 6.07) is 0.355. The smallest absolute Gasteiger partial charge is 0.154 e. The van der Waals surface area contributed by atoms with Crippen LogP contribution in [0.25, 0.3) is 0 Å². The zero-order chi connectivity index (χ0) is 12.9. The zero-order valence-corrected chi connectivity index (χ0v) is 11.9. The Morgan fingerprint density at radius 1 is 1.35 bits per heavy atom. The van der Waals surface area contributed by atoms with Gasteiger partial charge in [0.05, 0.1) is 17.6 Å². The molecule has 1 aliphatic heterocycles. The first kappa shape index (κ1) is 14.9. The van der Waals surface area contributed by atoms with Crippen molar-refractivity contribution in [2.24, 2.45) is 5.92 Å². The highest BCUT2D eigenvalue weighted by Crippen LogP contribution is 2.14. The second-order valence-corrected chi connectivity index (χ2v) is 7.46. The number of ether oxygens (including phenoxy) is 1. The summed E-state index contributed by atoms with van der Waals surface area (Å²) in [6.07, 6.45) is 1.81. The highest BCUT2D eigenvalue weighted by molar-refractivity contribution is 7.91. The van der Waals surface area contributed by atoms with Crippen LogP contribution in [0.4, 0.5) is 0 Å². The second kappa shape index (κ2) is 6.71. The highest BCUT2D eigenvalue weighted by atomic mass is 32.2. The fourth-order valence-corrected chi connectivity index (χ4v) is 3.25. The average Bonchev–Trinajstić information content (AvgIpc) is 2.68. The van der Waals surface area contributed by atoms with Gasteiger partial charge >= 0.3 is 0 Å². The number of hydrogen-bond donors (Lipinski definition) is 1. The Bertz CT molecular complexity index is 308. The monoisotopic (exact) mass is 263 g/mol. The van der Waals surface area contributed by atoms with Gasteiger partial charge in [-0.05, 0) is 25.7 Å². The van der Waals surface area contributed by atoms with Gasteiger partial charge in [0.1, 0.15) is 0 Å².